The highest BCUT2D eigenvalue weighted by Crippen LogP contribution is 2.23. The standard InChI is InChI=1S/C6H11NO2/c1-4-3-6(2,7-4)5(8)9/h4,7H,3H2,1-2H3,(H,8,9)/t4-,6?/m1/s1. The molecule has 0 aromatic carbocycles. The molecule has 0 amide bonds. The second-order valence-corrected chi connectivity index (χ2v) is 2.89. The van der Waals surface area contributed by atoms with E-state index in [-0.39, 0.29) is 0 Å². The maximum Gasteiger partial charge on any atom is 0.323 e. The van der Waals surface area contributed by atoms with Crippen molar-refractivity contribution in [3.63, 3.8) is 0 Å². The Morgan fingerprint density at radius 1 is 1.89 bits per heavy atom. The zero-order valence-corrected chi connectivity index (χ0v) is 5.64. The fourth-order valence-corrected chi connectivity index (χ4v) is 1.28. The van der Waals surface area contributed by atoms with Crippen molar-refractivity contribution in [1.82, 2.24) is 5.32 Å². The van der Waals surface area contributed by atoms with Crippen molar-refractivity contribution in [3.8, 4) is 0 Å². The van der Waals surface area contributed by atoms with Gasteiger partial charge in [0, 0.05) is 6.04 Å². The number of carboxylic acids is 1. The smallest absolute Gasteiger partial charge is 0.323 e. The molecule has 0 bridgehead atoms. The maximum atomic E-state index is 10.4. The van der Waals surface area contributed by atoms with Gasteiger partial charge in [-0.1, -0.05) is 0 Å². The first-order valence-electron chi connectivity index (χ1n) is 3.06. The second-order valence-electron chi connectivity index (χ2n) is 2.89. The van der Waals surface area contributed by atoms with Crippen LogP contribution < -0.4 is 5.32 Å². The summed E-state index contributed by atoms with van der Waals surface area (Å²) in [6.07, 6.45) is 0.738. The van der Waals surface area contributed by atoms with Gasteiger partial charge in [0.2, 0.25) is 0 Å². The monoisotopic (exact) mass is 129 g/mol. The van der Waals surface area contributed by atoms with Gasteiger partial charge in [-0.2, -0.15) is 0 Å². The molecular weight excluding hydrogens is 118 g/mol. The Balaban J connectivity index is 2.50. The molecule has 3 heteroatoms. The number of aliphatic carboxylic acids is 1. The molecule has 1 aliphatic rings. The van der Waals surface area contributed by atoms with Crippen LogP contribution >= 0.6 is 0 Å². The molecule has 0 aliphatic carbocycles. The quantitative estimate of drug-likeness (QED) is 0.532. The Labute approximate surface area is 54.1 Å². The van der Waals surface area contributed by atoms with Crippen LogP contribution in [-0.2, 0) is 4.79 Å². The molecule has 52 valence electrons. The summed E-state index contributed by atoms with van der Waals surface area (Å²) in [5, 5.41) is 11.5. The molecule has 2 atom stereocenters. The fraction of sp³-hybridized carbons (Fsp3) is 0.833. The molecule has 2 N–H and O–H groups in total. The summed E-state index contributed by atoms with van der Waals surface area (Å²) in [5.41, 5.74) is -0.639. The predicted octanol–water partition coefficient (Wildman–Crippen LogP) is 0.212. The fourth-order valence-electron chi connectivity index (χ4n) is 1.28. The van der Waals surface area contributed by atoms with E-state index in [1.807, 2.05) is 6.92 Å². The molecule has 1 unspecified atom stereocenters. The van der Waals surface area contributed by atoms with Crippen LogP contribution in [0.2, 0.25) is 0 Å². The molecular formula is C6H11NO2. The Morgan fingerprint density at radius 3 is 2.44 bits per heavy atom. The largest absolute Gasteiger partial charge is 0.480 e. The number of carboxylic acid groups (broad SMARTS) is 1. The Bertz CT molecular complexity index is 138. The SMILES string of the molecule is C[C@@H]1CC(C)(C(=O)O)N1. The van der Waals surface area contributed by atoms with Crippen molar-refractivity contribution in [3.05, 3.63) is 0 Å². The highest BCUT2D eigenvalue weighted by atomic mass is 16.4. The summed E-state index contributed by atoms with van der Waals surface area (Å²) in [5.74, 6) is -0.749. The van der Waals surface area contributed by atoms with Gasteiger partial charge in [0.1, 0.15) is 5.54 Å². The lowest BCUT2D eigenvalue weighted by Crippen LogP contribution is -2.64. The molecule has 3 nitrogen and oxygen atoms in total. The van der Waals surface area contributed by atoms with E-state index >= 15 is 0 Å². The van der Waals surface area contributed by atoms with Crippen LogP contribution in [0.4, 0.5) is 0 Å². The number of hydrogen-bond donors (Lipinski definition) is 2. The van der Waals surface area contributed by atoms with Crippen molar-refractivity contribution >= 4 is 5.97 Å². The molecule has 1 rings (SSSR count). The summed E-state index contributed by atoms with van der Waals surface area (Å²) in [4.78, 5) is 10.4. The first-order chi connectivity index (χ1) is 4.04. The third kappa shape index (κ3) is 0.920. The Kier molecular flexibility index (Phi) is 1.24. The van der Waals surface area contributed by atoms with Crippen LogP contribution in [0, 0.1) is 0 Å². The lowest BCUT2D eigenvalue weighted by molar-refractivity contribution is -0.148. The Morgan fingerprint density at radius 2 is 2.33 bits per heavy atom. The molecule has 1 heterocycles. The van der Waals surface area contributed by atoms with Crippen molar-refractivity contribution in [1.29, 1.82) is 0 Å². The van der Waals surface area contributed by atoms with E-state index < -0.39 is 11.5 Å². The molecule has 1 aliphatic heterocycles. The zero-order chi connectivity index (χ0) is 7.07. The van der Waals surface area contributed by atoms with E-state index in [4.69, 9.17) is 5.11 Å². The zero-order valence-electron chi connectivity index (χ0n) is 5.64. The van der Waals surface area contributed by atoms with E-state index in [9.17, 15) is 4.79 Å². The average Bonchev–Trinajstić information content (AvgIpc) is 1.62. The Hall–Kier alpha value is -0.570. The second kappa shape index (κ2) is 1.70. The van der Waals surface area contributed by atoms with Crippen LogP contribution in [0.1, 0.15) is 20.3 Å². The molecule has 9 heavy (non-hydrogen) atoms. The summed E-state index contributed by atoms with van der Waals surface area (Å²) < 4.78 is 0. The van der Waals surface area contributed by atoms with Gasteiger partial charge < -0.3 is 5.11 Å². The van der Waals surface area contributed by atoms with Crippen LogP contribution in [0.15, 0.2) is 0 Å². The molecule has 1 saturated heterocycles. The number of carbonyl (C=O) groups is 1. The van der Waals surface area contributed by atoms with Gasteiger partial charge in [-0.05, 0) is 20.3 Å². The molecule has 0 aromatic heterocycles. The third-order valence-electron chi connectivity index (χ3n) is 1.75. The van der Waals surface area contributed by atoms with Crippen LogP contribution in [0.3, 0.4) is 0 Å². The van der Waals surface area contributed by atoms with Crippen molar-refractivity contribution in [2.45, 2.75) is 31.8 Å². The molecule has 0 saturated carbocycles. The lowest BCUT2D eigenvalue weighted by atomic mass is 9.84. The van der Waals surface area contributed by atoms with Crippen LogP contribution in [0.5, 0.6) is 0 Å². The summed E-state index contributed by atoms with van der Waals surface area (Å²) >= 11 is 0. The normalized spacial score (nSPS) is 41.8. The minimum atomic E-state index is -0.749. The van der Waals surface area contributed by atoms with Gasteiger partial charge in [-0.3, -0.25) is 10.1 Å². The molecule has 0 aromatic rings. The highest BCUT2D eigenvalue weighted by molar-refractivity contribution is 5.79. The van der Waals surface area contributed by atoms with Gasteiger partial charge in [0.05, 0.1) is 0 Å². The lowest BCUT2D eigenvalue weighted by Gasteiger charge is -2.41. The average molecular weight is 129 g/mol. The number of rotatable bonds is 1. The van der Waals surface area contributed by atoms with E-state index in [1.165, 1.54) is 0 Å². The first-order valence-corrected chi connectivity index (χ1v) is 3.06. The van der Waals surface area contributed by atoms with Crippen LogP contribution in [-0.4, -0.2) is 22.7 Å². The van der Waals surface area contributed by atoms with Gasteiger partial charge >= 0.3 is 5.97 Å². The summed E-state index contributed by atoms with van der Waals surface area (Å²) in [7, 11) is 0. The number of hydrogen-bond acceptors (Lipinski definition) is 2. The number of nitrogens with one attached hydrogen (secondary N) is 1. The summed E-state index contributed by atoms with van der Waals surface area (Å²) in [6.45, 7) is 3.68. The summed E-state index contributed by atoms with van der Waals surface area (Å²) in [6, 6.07) is 0.367. The van der Waals surface area contributed by atoms with Gasteiger partial charge in [0.15, 0.2) is 0 Å². The van der Waals surface area contributed by atoms with Crippen molar-refractivity contribution in [2.24, 2.45) is 0 Å². The minimum absolute atomic E-state index is 0.367. The molecule has 0 spiro atoms. The van der Waals surface area contributed by atoms with Crippen molar-refractivity contribution < 1.29 is 9.90 Å². The van der Waals surface area contributed by atoms with E-state index in [1.54, 1.807) is 6.92 Å². The topological polar surface area (TPSA) is 49.3 Å². The van der Waals surface area contributed by atoms with Gasteiger partial charge in [-0.15, -0.1) is 0 Å². The highest BCUT2D eigenvalue weighted by Gasteiger charge is 2.43. The van der Waals surface area contributed by atoms with Gasteiger partial charge in [0.25, 0.3) is 0 Å². The third-order valence-corrected chi connectivity index (χ3v) is 1.75. The van der Waals surface area contributed by atoms with E-state index in [2.05, 4.69) is 5.32 Å². The van der Waals surface area contributed by atoms with E-state index in [0.717, 1.165) is 6.42 Å². The molecule has 0 radical (unpaired) electrons. The van der Waals surface area contributed by atoms with Crippen LogP contribution in [0.25, 0.3) is 0 Å². The van der Waals surface area contributed by atoms with Gasteiger partial charge in [-0.25, -0.2) is 0 Å². The minimum Gasteiger partial charge on any atom is -0.480 e. The first kappa shape index (κ1) is 6.55. The van der Waals surface area contributed by atoms with Crippen molar-refractivity contribution in [2.75, 3.05) is 0 Å². The van der Waals surface area contributed by atoms with E-state index in [0.29, 0.717) is 6.04 Å². The predicted molar refractivity (Wildman–Crippen MR) is 33.3 cm³/mol. The maximum absolute atomic E-state index is 10.4. The molecule has 1 fully saturated rings.